The number of amides is 2. The van der Waals surface area contributed by atoms with Gasteiger partial charge in [0.25, 0.3) is 10.0 Å². The number of nitrogens with one attached hydrogen (secondary N) is 1. The van der Waals surface area contributed by atoms with Gasteiger partial charge in [-0.25, -0.2) is 8.42 Å². The molecule has 2 amide bonds. The molecule has 0 saturated carbocycles. The highest BCUT2D eigenvalue weighted by Gasteiger charge is 2.33. The van der Waals surface area contributed by atoms with Crippen molar-refractivity contribution >= 4 is 50.7 Å². The number of aryl methyl sites for hydroxylation is 1. The molecule has 0 heterocycles. The number of rotatable bonds is 13. The first-order chi connectivity index (χ1) is 19.1. The Hall–Kier alpha value is -3.07. The van der Waals surface area contributed by atoms with Crippen LogP contribution < -0.4 is 9.62 Å². The van der Waals surface area contributed by atoms with E-state index in [0.717, 1.165) is 22.7 Å². The summed E-state index contributed by atoms with van der Waals surface area (Å²) in [7, 11) is -4.13. The topological polar surface area (TPSA) is 86.8 Å². The van der Waals surface area contributed by atoms with E-state index in [1.807, 2.05) is 26.0 Å². The van der Waals surface area contributed by atoms with Gasteiger partial charge in [0, 0.05) is 28.7 Å². The fraction of sp³-hybridized carbons (Fsp3) is 0.333. The number of nitrogens with zero attached hydrogens (tertiary/aromatic N) is 2. The van der Waals surface area contributed by atoms with Crippen molar-refractivity contribution < 1.29 is 18.0 Å². The maximum Gasteiger partial charge on any atom is 0.264 e. The van der Waals surface area contributed by atoms with Crippen molar-refractivity contribution in [1.82, 2.24) is 10.2 Å². The third-order valence-corrected chi connectivity index (χ3v) is 9.12. The van der Waals surface area contributed by atoms with Crippen LogP contribution in [0.1, 0.15) is 44.7 Å². The Bertz CT molecular complexity index is 1400. The molecule has 0 saturated heterocycles. The van der Waals surface area contributed by atoms with Crippen LogP contribution in [0.25, 0.3) is 0 Å². The number of hydrogen-bond donors (Lipinski definition) is 1. The van der Waals surface area contributed by atoms with Crippen molar-refractivity contribution in [2.45, 2.75) is 57.5 Å². The van der Waals surface area contributed by atoms with Gasteiger partial charge in [0.2, 0.25) is 11.8 Å². The number of sulfonamides is 1. The lowest BCUT2D eigenvalue weighted by molar-refractivity contribution is -0.139. The fourth-order valence-corrected chi connectivity index (χ4v) is 6.25. The van der Waals surface area contributed by atoms with Gasteiger partial charge < -0.3 is 10.2 Å². The molecule has 0 aliphatic carbocycles. The van der Waals surface area contributed by atoms with Gasteiger partial charge in [-0.3, -0.25) is 13.9 Å². The minimum absolute atomic E-state index is 0.0553. The quantitative estimate of drug-likeness (QED) is 0.240. The summed E-state index contributed by atoms with van der Waals surface area (Å²) in [6.45, 7) is 5.41. The highest BCUT2D eigenvalue weighted by Crippen LogP contribution is 2.30. The van der Waals surface area contributed by atoms with Crippen LogP contribution in [0, 0.1) is 0 Å². The monoisotopic (exact) mass is 603 g/mol. The van der Waals surface area contributed by atoms with E-state index in [1.165, 1.54) is 17.0 Å². The lowest BCUT2D eigenvalue weighted by Gasteiger charge is -2.33. The van der Waals surface area contributed by atoms with Gasteiger partial charge in [0.15, 0.2) is 0 Å². The lowest BCUT2D eigenvalue weighted by Crippen LogP contribution is -2.51. The zero-order chi connectivity index (χ0) is 29.3. The number of anilines is 1. The van der Waals surface area contributed by atoms with Gasteiger partial charge in [-0.15, -0.1) is 0 Å². The average molecular weight is 605 g/mol. The van der Waals surface area contributed by atoms with Crippen molar-refractivity contribution in [2.24, 2.45) is 0 Å². The first-order valence-electron chi connectivity index (χ1n) is 13.3. The molecule has 10 heteroatoms. The summed E-state index contributed by atoms with van der Waals surface area (Å²) >= 11 is 12.9. The molecule has 3 aromatic rings. The zero-order valence-corrected chi connectivity index (χ0v) is 25.3. The third-order valence-electron chi connectivity index (χ3n) is 6.64. The molecule has 0 aliphatic heterocycles. The van der Waals surface area contributed by atoms with E-state index in [-0.39, 0.29) is 17.3 Å². The number of unbranched alkanes of at least 4 members (excludes halogenated alkanes) is 1. The highest BCUT2D eigenvalue weighted by atomic mass is 35.5. The first kappa shape index (κ1) is 31.5. The first-order valence-corrected chi connectivity index (χ1v) is 15.5. The number of halogens is 2. The second-order valence-electron chi connectivity index (χ2n) is 9.35. The number of carbonyl (C=O) groups excluding carboxylic acids is 2. The SMILES string of the molecule is CCCCNC(=O)C(C)N(Cc1c(Cl)cccc1Cl)C(=O)CN(c1ccccc1CC)S(=O)(=O)c1ccccc1. The molecule has 40 heavy (non-hydrogen) atoms. The van der Waals surface area contributed by atoms with Crippen LogP contribution in [0.2, 0.25) is 10.0 Å². The summed E-state index contributed by atoms with van der Waals surface area (Å²) in [6, 6.07) is 19.1. The van der Waals surface area contributed by atoms with Gasteiger partial charge in [0.05, 0.1) is 10.6 Å². The molecular formula is C30H35Cl2N3O4S. The average Bonchev–Trinajstić information content (AvgIpc) is 2.95. The van der Waals surface area contributed by atoms with Crippen molar-refractivity contribution in [1.29, 1.82) is 0 Å². The Balaban J connectivity index is 2.06. The van der Waals surface area contributed by atoms with Crippen LogP contribution in [-0.4, -0.2) is 44.3 Å². The second kappa shape index (κ2) is 14.5. The number of para-hydroxylation sites is 1. The Morgan fingerprint density at radius 2 is 1.52 bits per heavy atom. The number of carbonyl (C=O) groups is 2. The Kier molecular flexibility index (Phi) is 11.4. The van der Waals surface area contributed by atoms with Gasteiger partial charge in [0.1, 0.15) is 12.6 Å². The van der Waals surface area contributed by atoms with Crippen LogP contribution in [0.4, 0.5) is 5.69 Å². The molecule has 3 aromatic carbocycles. The van der Waals surface area contributed by atoms with E-state index >= 15 is 0 Å². The number of hydrogen-bond acceptors (Lipinski definition) is 4. The molecule has 1 N–H and O–H groups in total. The summed E-state index contributed by atoms with van der Waals surface area (Å²) in [6.07, 6.45) is 2.25. The van der Waals surface area contributed by atoms with Crippen molar-refractivity contribution in [3.8, 4) is 0 Å². The predicted octanol–water partition coefficient (Wildman–Crippen LogP) is 6.08. The lowest BCUT2D eigenvalue weighted by atomic mass is 10.1. The smallest absolute Gasteiger partial charge is 0.264 e. The molecule has 0 radical (unpaired) electrons. The molecule has 0 aliphatic rings. The van der Waals surface area contributed by atoms with Crippen molar-refractivity contribution in [2.75, 3.05) is 17.4 Å². The van der Waals surface area contributed by atoms with E-state index in [2.05, 4.69) is 5.32 Å². The summed E-state index contributed by atoms with van der Waals surface area (Å²) in [5.41, 5.74) is 1.64. The minimum Gasteiger partial charge on any atom is -0.354 e. The zero-order valence-electron chi connectivity index (χ0n) is 22.9. The predicted molar refractivity (Wildman–Crippen MR) is 161 cm³/mol. The maximum absolute atomic E-state index is 14.1. The molecule has 214 valence electrons. The molecule has 0 spiro atoms. The van der Waals surface area contributed by atoms with Crippen LogP contribution in [0.3, 0.4) is 0 Å². The third kappa shape index (κ3) is 7.56. The molecule has 0 aromatic heterocycles. The second-order valence-corrected chi connectivity index (χ2v) is 12.0. The summed E-state index contributed by atoms with van der Waals surface area (Å²) in [5, 5.41) is 3.55. The minimum atomic E-state index is -4.13. The molecule has 1 unspecified atom stereocenters. The van der Waals surface area contributed by atoms with Crippen LogP contribution in [-0.2, 0) is 32.6 Å². The van der Waals surface area contributed by atoms with E-state index in [0.29, 0.717) is 34.3 Å². The van der Waals surface area contributed by atoms with E-state index in [4.69, 9.17) is 23.2 Å². The Labute approximate surface area is 247 Å². The fourth-order valence-electron chi connectivity index (χ4n) is 4.26. The molecule has 3 rings (SSSR count). The van der Waals surface area contributed by atoms with Crippen LogP contribution in [0.15, 0.2) is 77.7 Å². The summed E-state index contributed by atoms with van der Waals surface area (Å²) < 4.78 is 29.0. The highest BCUT2D eigenvalue weighted by molar-refractivity contribution is 7.92. The summed E-state index contributed by atoms with van der Waals surface area (Å²) in [4.78, 5) is 28.5. The Morgan fingerprint density at radius 3 is 2.15 bits per heavy atom. The summed E-state index contributed by atoms with van der Waals surface area (Å²) in [5.74, 6) is -0.920. The van der Waals surface area contributed by atoms with Crippen molar-refractivity contribution in [3.63, 3.8) is 0 Å². The maximum atomic E-state index is 14.1. The van der Waals surface area contributed by atoms with E-state index in [9.17, 15) is 18.0 Å². The Morgan fingerprint density at radius 1 is 0.900 bits per heavy atom. The standard InChI is InChI=1S/C30H35Cl2N3O4S/c1-4-6-19-33-30(37)22(3)34(20-25-26(31)16-12-17-27(25)32)29(36)21-35(28-18-11-10-13-23(28)5-2)40(38,39)24-14-8-7-9-15-24/h7-18,22H,4-6,19-21H2,1-3H3,(H,33,37). The largest absolute Gasteiger partial charge is 0.354 e. The van der Waals surface area contributed by atoms with Gasteiger partial charge in [-0.1, -0.05) is 85.9 Å². The molecule has 0 fully saturated rings. The van der Waals surface area contributed by atoms with Gasteiger partial charge in [-0.05, 0) is 55.7 Å². The molecular weight excluding hydrogens is 569 g/mol. The van der Waals surface area contributed by atoms with Gasteiger partial charge in [-0.2, -0.15) is 0 Å². The van der Waals surface area contributed by atoms with Crippen LogP contribution >= 0.6 is 23.2 Å². The van der Waals surface area contributed by atoms with Crippen molar-refractivity contribution in [3.05, 3.63) is 94.0 Å². The molecule has 0 bridgehead atoms. The van der Waals surface area contributed by atoms with E-state index < -0.39 is 28.5 Å². The van der Waals surface area contributed by atoms with E-state index in [1.54, 1.807) is 55.5 Å². The van der Waals surface area contributed by atoms with Crippen LogP contribution in [0.5, 0.6) is 0 Å². The van der Waals surface area contributed by atoms with Gasteiger partial charge >= 0.3 is 0 Å². The molecule has 7 nitrogen and oxygen atoms in total. The molecule has 1 atom stereocenters. The number of benzene rings is 3. The normalized spacial score (nSPS) is 12.0.